The zero-order valence-corrected chi connectivity index (χ0v) is 12.1. The molecule has 19 heavy (non-hydrogen) atoms. The lowest BCUT2D eigenvalue weighted by atomic mass is 10.2. The number of aromatic hydroxyl groups is 1. The van der Waals surface area contributed by atoms with Crippen molar-refractivity contribution in [2.75, 3.05) is 0 Å². The number of fused-ring (bicyclic) bond motifs is 1. The monoisotopic (exact) mass is 332 g/mol. The van der Waals surface area contributed by atoms with Gasteiger partial charge in [-0.15, -0.1) is 21.6 Å². The fourth-order valence-electron chi connectivity index (χ4n) is 1.70. The highest BCUT2D eigenvalue weighted by Crippen LogP contribution is 2.43. The number of azo groups is 1. The number of thiophene rings is 1. The Kier molecular flexibility index (Phi) is 3.31. The number of rotatable bonds is 2. The molecule has 0 aliphatic carbocycles. The van der Waals surface area contributed by atoms with E-state index in [1.807, 2.05) is 48.5 Å². The lowest BCUT2D eigenvalue weighted by Crippen LogP contribution is -1.64. The highest BCUT2D eigenvalue weighted by molar-refractivity contribution is 9.10. The highest BCUT2D eigenvalue weighted by atomic mass is 79.9. The molecule has 0 bridgehead atoms. The summed E-state index contributed by atoms with van der Waals surface area (Å²) in [6.07, 6.45) is 0. The Morgan fingerprint density at radius 3 is 2.42 bits per heavy atom. The van der Waals surface area contributed by atoms with Gasteiger partial charge in [0, 0.05) is 14.6 Å². The number of halogens is 1. The van der Waals surface area contributed by atoms with Crippen molar-refractivity contribution >= 4 is 48.0 Å². The third kappa shape index (κ3) is 2.52. The van der Waals surface area contributed by atoms with Crippen molar-refractivity contribution in [2.24, 2.45) is 10.2 Å². The first-order valence-corrected chi connectivity index (χ1v) is 7.23. The van der Waals surface area contributed by atoms with E-state index in [9.17, 15) is 5.11 Å². The van der Waals surface area contributed by atoms with E-state index in [1.165, 1.54) is 11.3 Å². The predicted octanol–water partition coefficient (Wildman–Crippen LogP) is 5.78. The minimum absolute atomic E-state index is 0.196. The normalized spacial score (nSPS) is 11.4. The van der Waals surface area contributed by atoms with Crippen LogP contribution in [0.1, 0.15) is 0 Å². The zero-order chi connectivity index (χ0) is 13.2. The third-order valence-electron chi connectivity index (χ3n) is 2.63. The second kappa shape index (κ2) is 5.11. The third-order valence-corrected chi connectivity index (χ3v) is 4.21. The van der Waals surface area contributed by atoms with Crippen molar-refractivity contribution < 1.29 is 5.11 Å². The van der Waals surface area contributed by atoms with Crippen LogP contribution < -0.4 is 0 Å². The molecular formula is C14H9BrN2OS. The van der Waals surface area contributed by atoms with Gasteiger partial charge in [-0.25, -0.2) is 0 Å². The molecule has 3 nitrogen and oxygen atoms in total. The molecule has 0 fully saturated rings. The Morgan fingerprint density at radius 1 is 0.947 bits per heavy atom. The average Bonchev–Trinajstić information content (AvgIpc) is 2.76. The highest BCUT2D eigenvalue weighted by Gasteiger charge is 2.09. The van der Waals surface area contributed by atoms with Crippen molar-refractivity contribution in [3.63, 3.8) is 0 Å². The molecule has 2 aromatic carbocycles. The first-order chi connectivity index (χ1) is 9.24. The molecule has 94 valence electrons. The molecule has 1 aromatic heterocycles. The summed E-state index contributed by atoms with van der Waals surface area (Å²) in [5.74, 6) is 0.196. The molecule has 1 N–H and O–H groups in total. The van der Waals surface area contributed by atoms with Gasteiger partial charge in [0.2, 0.25) is 0 Å². The summed E-state index contributed by atoms with van der Waals surface area (Å²) in [4.78, 5) is 0. The summed E-state index contributed by atoms with van der Waals surface area (Å²) in [6.45, 7) is 0. The van der Waals surface area contributed by atoms with E-state index in [0.717, 1.165) is 20.2 Å². The van der Waals surface area contributed by atoms with E-state index in [1.54, 1.807) is 0 Å². The van der Waals surface area contributed by atoms with Gasteiger partial charge in [-0.05, 0) is 36.4 Å². The van der Waals surface area contributed by atoms with E-state index in [-0.39, 0.29) is 5.75 Å². The summed E-state index contributed by atoms with van der Waals surface area (Å²) in [5, 5.41) is 19.7. The molecule has 0 aliphatic heterocycles. The van der Waals surface area contributed by atoms with Crippen molar-refractivity contribution in [1.82, 2.24) is 0 Å². The summed E-state index contributed by atoms with van der Waals surface area (Å²) >= 11 is 4.79. The minimum atomic E-state index is 0.196. The summed E-state index contributed by atoms with van der Waals surface area (Å²) in [7, 11) is 0. The molecule has 0 amide bonds. The van der Waals surface area contributed by atoms with Crippen LogP contribution in [0.25, 0.3) is 10.1 Å². The van der Waals surface area contributed by atoms with Gasteiger partial charge in [-0.3, -0.25) is 0 Å². The second-order valence-corrected chi connectivity index (χ2v) is 5.87. The fraction of sp³-hybridized carbons (Fsp3) is 0. The lowest BCUT2D eigenvalue weighted by Gasteiger charge is -1.92. The van der Waals surface area contributed by atoms with Gasteiger partial charge in [-0.2, -0.15) is 0 Å². The van der Waals surface area contributed by atoms with Gasteiger partial charge in [0.1, 0.15) is 0 Å². The average molecular weight is 333 g/mol. The van der Waals surface area contributed by atoms with E-state index in [2.05, 4.69) is 26.2 Å². The molecular weight excluding hydrogens is 324 g/mol. The smallest absolute Gasteiger partial charge is 0.181 e. The Bertz CT molecular complexity index is 750. The maximum atomic E-state index is 10.1. The summed E-state index contributed by atoms with van der Waals surface area (Å²) < 4.78 is 2.00. The fourth-order valence-corrected chi connectivity index (χ4v) is 2.88. The van der Waals surface area contributed by atoms with Crippen molar-refractivity contribution in [2.45, 2.75) is 0 Å². The zero-order valence-electron chi connectivity index (χ0n) is 9.75. The standard InChI is InChI=1S/C14H9BrN2OS/c15-9-5-7-10(8-6-9)16-17-14-13(18)11-3-1-2-4-12(11)19-14/h1-8,18H. The van der Waals surface area contributed by atoms with E-state index >= 15 is 0 Å². The molecule has 1 heterocycles. The van der Waals surface area contributed by atoms with Gasteiger partial charge in [-0.1, -0.05) is 28.1 Å². The molecule has 0 radical (unpaired) electrons. The number of hydrogen-bond acceptors (Lipinski definition) is 4. The number of benzene rings is 2. The van der Waals surface area contributed by atoms with E-state index in [0.29, 0.717) is 5.00 Å². The van der Waals surface area contributed by atoms with Crippen LogP contribution in [0.5, 0.6) is 5.75 Å². The lowest BCUT2D eigenvalue weighted by molar-refractivity contribution is 0.484. The molecule has 3 rings (SSSR count). The van der Waals surface area contributed by atoms with Crippen LogP contribution in [0, 0.1) is 0 Å². The molecule has 0 saturated carbocycles. The first kappa shape index (κ1) is 12.3. The van der Waals surface area contributed by atoms with E-state index < -0.39 is 0 Å². The molecule has 0 unspecified atom stereocenters. The predicted molar refractivity (Wildman–Crippen MR) is 81.8 cm³/mol. The van der Waals surface area contributed by atoms with E-state index in [4.69, 9.17) is 0 Å². The SMILES string of the molecule is Oc1c(N=Nc2ccc(Br)cc2)sc2ccccc12. The van der Waals surface area contributed by atoms with Crippen LogP contribution in [-0.2, 0) is 0 Å². The number of hydrogen-bond donors (Lipinski definition) is 1. The molecule has 5 heteroatoms. The topological polar surface area (TPSA) is 45.0 Å². The second-order valence-electron chi connectivity index (χ2n) is 3.93. The summed E-state index contributed by atoms with van der Waals surface area (Å²) in [5.41, 5.74) is 0.750. The summed E-state index contributed by atoms with van der Waals surface area (Å²) in [6, 6.07) is 15.2. The van der Waals surface area contributed by atoms with Crippen LogP contribution in [-0.4, -0.2) is 5.11 Å². The maximum absolute atomic E-state index is 10.1. The van der Waals surface area contributed by atoms with Crippen LogP contribution in [0.15, 0.2) is 63.2 Å². The molecule has 0 spiro atoms. The first-order valence-electron chi connectivity index (χ1n) is 5.62. The van der Waals surface area contributed by atoms with Gasteiger partial charge in [0.15, 0.2) is 10.8 Å². The van der Waals surface area contributed by atoms with Crippen LogP contribution >= 0.6 is 27.3 Å². The quantitative estimate of drug-likeness (QED) is 0.593. The van der Waals surface area contributed by atoms with Gasteiger partial charge >= 0.3 is 0 Å². The van der Waals surface area contributed by atoms with Gasteiger partial charge in [0.05, 0.1) is 5.69 Å². The Hall–Kier alpha value is -1.72. The van der Waals surface area contributed by atoms with Gasteiger partial charge < -0.3 is 5.11 Å². The van der Waals surface area contributed by atoms with Crippen molar-refractivity contribution in [1.29, 1.82) is 0 Å². The maximum Gasteiger partial charge on any atom is 0.181 e. The molecule has 0 atom stereocenters. The molecule has 0 saturated heterocycles. The Labute approximate surface area is 122 Å². The minimum Gasteiger partial charge on any atom is -0.504 e. The van der Waals surface area contributed by atoms with Crippen LogP contribution in [0.2, 0.25) is 0 Å². The Morgan fingerprint density at radius 2 is 1.68 bits per heavy atom. The molecule has 0 aliphatic rings. The Balaban J connectivity index is 1.97. The van der Waals surface area contributed by atoms with Gasteiger partial charge in [0.25, 0.3) is 0 Å². The van der Waals surface area contributed by atoms with Crippen LogP contribution in [0.4, 0.5) is 10.7 Å². The largest absolute Gasteiger partial charge is 0.504 e. The van der Waals surface area contributed by atoms with Crippen molar-refractivity contribution in [3.05, 3.63) is 53.0 Å². The van der Waals surface area contributed by atoms with Crippen LogP contribution in [0.3, 0.4) is 0 Å². The molecule has 3 aromatic rings. The number of nitrogens with zero attached hydrogens (tertiary/aromatic N) is 2. The van der Waals surface area contributed by atoms with Crippen molar-refractivity contribution in [3.8, 4) is 5.75 Å².